The predicted molar refractivity (Wildman–Crippen MR) is 115 cm³/mol. The number of halogens is 1. The molecule has 0 spiro atoms. The number of carbonyl (C=O) groups excluding carboxylic acids is 4. The van der Waals surface area contributed by atoms with Gasteiger partial charge in [0.1, 0.15) is 5.54 Å². The summed E-state index contributed by atoms with van der Waals surface area (Å²) in [6.07, 6.45) is -0.920. The number of amides is 4. The van der Waals surface area contributed by atoms with Gasteiger partial charge in [-0.15, -0.1) is 0 Å². The molecule has 2 heterocycles. The summed E-state index contributed by atoms with van der Waals surface area (Å²) >= 11 is 5.86. The fourth-order valence-electron chi connectivity index (χ4n) is 4.08. The van der Waals surface area contributed by atoms with Crippen LogP contribution in [0.2, 0.25) is 5.02 Å². The number of carbonyl (C=O) groups is 4. The quantitative estimate of drug-likeness (QED) is 0.595. The topological polar surface area (TPSA) is 116 Å². The fraction of sp³-hybridized carbons (Fsp3) is 0.304. The first-order valence-electron chi connectivity index (χ1n) is 10.2. The maximum atomic E-state index is 13.0. The molecule has 2 aliphatic heterocycles. The average molecular weight is 456 g/mol. The Morgan fingerprint density at radius 2 is 1.88 bits per heavy atom. The van der Waals surface area contributed by atoms with Crippen molar-refractivity contribution in [2.45, 2.75) is 44.5 Å². The molecule has 1 unspecified atom stereocenters. The number of aliphatic hydroxyl groups excluding tert-OH is 1. The molecule has 0 bridgehead atoms. The highest BCUT2D eigenvalue weighted by atomic mass is 35.5. The second-order valence-corrected chi connectivity index (χ2v) is 8.64. The summed E-state index contributed by atoms with van der Waals surface area (Å²) in [5.74, 6) is -1.66. The second-order valence-electron chi connectivity index (χ2n) is 8.20. The van der Waals surface area contributed by atoms with Gasteiger partial charge in [-0.05, 0) is 48.7 Å². The Kier molecular flexibility index (Phi) is 5.75. The lowest BCUT2D eigenvalue weighted by atomic mass is 9.89. The van der Waals surface area contributed by atoms with Gasteiger partial charge in [0.25, 0.3) is 11.8 Å². The third-order valence-corrected chi connectivity index (χ3v) is 6.22. The molecule has 1 saturated heterocycles. The molecule has 4 rings (SSSR count). The molecule has 0 saturated carbocycles. The Hall–Kier alpha value is -3.23. The van der Waals surface area contributed by atoms with Gasteiger partial charge in [-0.1, -0.05) is 29.8 Å². The molecule has 166 valence electrons. The monoisotopic (exact) mass is 455 g/mol. The Bertz CT molecular complexity index is 1120. The Morgan fingerprint density at radius 1 is 1.19 bits per heavy atom. The minimum absolute atomic E-state index is 0.0833. The molecular weight excluding hydrogens is 434 g/mol. The number of imide groups is 1. The maximum absolute atomic E-state index is 13.0. The summed E-state index contributed by atoms with van der Waals surface area (Å²) in [6, 6.07) is 11.9. The van der Waals surface area contributed by atoms with Crippen LogP contribution in [-0.4, -0.2) is 39.2 Å². The number of hydrogen-bond donors (Lipinski definition) is 3. The van der Waals surface area contributed by atoms with Crippen molar-refractivity contribution in [3.8, 4) is 0 Å². The first kappa shape index (κ1) is 22.0. The second kappa shape index (κ2) is 8.37. The van der Waals surface area contributed by atoms with Crippen LogP contribution in [0, 0.1) is 0 Å². The lowest BCUT2D eigenvalue weighted by molar-refractivity contribution is -0.147. The zero-order valence-electron chi connectivity index (χ0n) is 17.4. The molecule has 0 radical (unpaired) electrons. The number of rotatable bonds is 5. The van der Waals surface area contributed by atoms with E-state index in [0.29, 0.717) is 21.7 Å². The lowest BCUT2D eigenvalue weighted by Gasteiger charge is -2.41. The summed E-state index contributed by atoms with van der Waals surface area (Å²) in [4.78, 5) is 50.3. The number of hydrogen-bond acceptors (Lipinski definition) is 5. The van der Waals surface area contributed by atoms with Crippen LogP contribution < -0.4 is 10.6 Å². The van der Waals surface area contributed by atoms with E-state index in [-0.39, 0.29) is 31.7 Å². The third kappa shape index (κ3) is 3.99. The highest BCUT2D eigenvalue weighted by Crippen LogP contribution is 2.40. The van der Waals surface area contributed by atoms with Gasteiger partial charge in [0.2, 0.25) is 11.8 Å². The lowest BCUT2D eigenvalue weighted by Crippen LogP contribution is -2.62. The number of benzene rings is 2. The van der Waals surface area contributed by atoms with Crippen LogP contribution in [0.4, 0.5) is 0 Å². The van der Waals surface area contributed by atoms with E-state index < -0.39 is 29.5 Å². The molecule has 4 amide bonds. The summed E-state index contributed by atoms with van der Waals surface area (Å²) in [6.45, 7) is 1.76. The molecular formula is C23H22ClN3O5. The van der Waals surface area contributed by atoms with Crippen molar-refractivity contribution in [2.24, 2.45) is 0 Å². The standard InChI is InChI=1S/C23H22ClN3O5/c1-23(9-8-18(28)26-22(23)32)27-20(30)16-7-4-14(10-17(16)21(27)31)12-25-19(29)11-13-2-5-15(24)6-3-13/h2-7,10,21,31H,8-9,11-12H2,1H3,(H,25,29)(H,26,28,32)/t21?,23-/m0/s1. The molecule has 2 aliphatic rings. The molecule has 2 atom stereocenters. The highest BCUT2D eigenvalue weighted by Gasteiger charge is 2.52. The van der Waals surface area contributed by atoms with Crippen molar-refractivity contribution in [3.05, 3.63) is 69.7 Å². The van der Waals surface area contributed by atoms with Crippen LogP contribution in [0.5, 0.6) is 0 Å². The first-order chi connectivity index (χ1) is 15.2. The minimum atomic E-state index is -1.34. The molecule has 1 fully saturated rings. The highest BCUT2D eigenvalue weighted by molar-refractivity contribution is 6.30. The third-order valence-electron chi connectivity index (χ3n) is 5.97. The number of piperidine rings is 1. The van der Waals surface area contributed by atoms with Gasteiger partial charge in [-0.3, -0.25) is 29.4 Å². The fourth-order valence-corrected chi connectivity index (χ4v) is 4.21. The largest absolute Gasteiger partial charge is 0.369 e. The van der Waals surface area contributed by atoms with E-state index in [1.807, 2.05) is 0 Å². The van der Waals surface area contributed by atoms with Crippen molar-refractivity contribution in [1.82, 2.24) is 15.5 Å². The van der Waals surface area contributed by atoms with Crippen molar-refractivity contribution in [1.29, 1.82) is 0 Å². The minimum Gasteiger partial charge on any atom is -0.369 e. The van der Waals surface area contributed by atoms with Gasteiger partial charge in [0, 0.05) is 29.1 Å². The van der Waals surface area contributed by atoms with Gasteiger partial charge in [-0.25, -0.2) is 0 Å². The Balaban J connectivity index is 1.46. The van der Waals surface area contributed by atoms with Crippen LogP contribution in [-0.2, 0) is 27.3 Å². The molecule has 0 aromatic heterocycles. The molecule has 2 aromatic rings. The van der Waals surface area contributed by atoms with Gasteiger partial charge in [0.15, 0.2) is 6.23 Å². The maximum Gasteiger partial charge on any atom is 0.257 e. The van der Waals surface area contributed by atoms with Crippen LogP contribution in [0.25, 0.3) is 0 Å². The number of aliphatic hydroxyl groups is 1. The van der Waals surface area contributed by atoms with E-state index in [1.165, 1.54) is 0 Å². The number of fused-ring (bicyclic) bond motifs is 1. The van der Waals surface area contributed by atoms with Crippen LogP contribution in [0.1, 0.15) is 53.0 Å². The van der Waals surface area contributed by atoms with E-state index in [2.05, 4.69) is 10.6 Å². The summed E-state index contributed by atoms with van der Waals surface area (Å²) < 4.78 is 0. The van der Waals surface area contributed by atoms with Gasteiger partial charge in [-0.2, -0.15) is 0 Å². The van der Waals surface area contributed by atoms with Crippen LogP contribution in [0.15, 0.2) is 42.5 Å². The Morgan fingerprint density at radius 3 is 2.56 bits per heavy atom. The molecule has 3 N–H and O–H groups in total. The van der Waals surface area contributed by atoms with Crippen molar-refractivity contribution in [3.63, 3.8) is 0 Å². The SMILES string of the molecule is C[C@]1(N2C(=O)c3ccc(CNC(=O)Cc4ccc(Cl)cc4)cc3C2O)CCC(=O)NC1=O. The Labute approximate surface area is 189 Å². The molecule has 8 nitrogen and oxygen atoms in total. The first-order valence-corrected chi connectivity index (χ1v) is 10.6. The van der Waals surface area contributed by atoms with Crippen molar-refractivity contribution < 1.29 is 24.3 Å². The smallest absolute Gasteiger partial charge is 0.257 e. The van der Waals surface area contributed by atoms with E-state index in [1.54, 1.807) is 49.4 Å². The van der Waals surface area contributed by atoms with Crippen LogP contribution >= 0.6 is 11.6 Å². The molecule has 2 aromatic carbocycles. The predicted octanol–water partition coefficient (Wildman–Crippen LogP) is 1.84. The van der Waals surface area contributed by atoms with E-state index in [4.69, 9.17) is 11.6 Å². The van der Waals surface area contributed by atoms with Crippen molar-refractivity contribution >= 4 is 35.2 Å². The van der Waals surface area contributed by atoms with E-state index >= 15 is 0 Å². The van der Waals surface area contributed by atoms with Crippen molar-refractivity contribution in [2.75, 3.05) is 0 Å². The van der Waals surface area contributed by atoms with E-state index in [0.717, 1.165) is 10.5 Å². The van der Waals surface area contributed by atoms with Crippen LogP contribution in [0.3, 0.4) is 0 Å². The molecule has 0 aliphatic carbocycles. The van der Waals surface area contributed by atoms with E-state index in [9.17, 15) is 24.3 Å². The molecule has 32 heavy (non-hydrogen) atoms. The number of nitrogens with zero attached hydrogens (tertiary/aromatic N) is 1. The zero-order valence-corrected chi connectivity index (χ0v) is 18.1. The normalized spacial score (nSPS) is 22.5. The average Bonchev–Trinajstić information content (AvgIpc) is 3.01. The summed E-state index contributed by atoms with van der Waals surface area (Å²) in [5, 5.41) is 16.5. The van der Waals surface area contributed by atoms with Gasteiger partial charge < -0.3 is 10.4 Å². The molecule has 9 heteroatoms. The summed E-state index contributed by atoms with van der Waals surface area (Å²) in [7, 11) is 0. The number of nitrogens with one attached hydrogen (secondary N) is 2. The zero-order chi connectivity index (χ0) is 23.0. The van der Waals surface area contributed by atoms with Gasteiger partial charge >= 0.3 is 0 Å². The van der Waals surface area contributed by atoms with Gasteiger partial charge in [0.05, 0.1) is 6.42 Å². The summed E-state index contributed by atoms with van der Waals surface area (Å²) in [5.41, 5.74) is 0.853.